The molecule has 1 unspecified atom stereocenters. The minimum absolute atomic E-state index is 0.0876. The highest BCUT2D eigenvalue weighted by molar-refractivity contribution is 6.12. The Kier molecular flexibility index (Phi) is 6.90. The third-order valence-electron chi connectivity index (χ3n) is 12.1. The number of pyridine rings is 1. The summed E-state index contributed by atoms with van der Waals surface area (Å²) in [5.74, 6) is 0. The van der Waals surface area contributed by atoms with Gasteiger partial charge in [-0.05, 0) is 76.9 Å². The topological polar surface area (TPSA) is 57.2 Å². The lowest BCUT2D eigenvalue weighted by atomic mass is 9.73. The molecule has 0 aliphatic carbocycles. The zero-order chi connectivity index (χ0) is 35.9. The average molecular weight is 691 g/mol. The van der Waals surface area contributed by atoms with Crippen molar-refractivity contribution < 1.29 is 9.36 Å². The summed E-state index contributed by atoms with van der Waals surface area (Å²) >= 11 is 0. The van der Waals surface area contributed by atoms with Gasteiger partial charge in [-0.25, -0.2) is 0 Å². The number of para-hydroxylation sites is 2. The third kappa shape index (κ3) is 4.54. The number of nitrogens with one attached hydrogen (secondary N) is 2. The van der Waals surface area contributed by atoms with E-state index in [4.69, 9.17) is 4.98 Å². The van der Waals surface area contributed by atoms with E-state index >= 15 is 0 Å². The summed E-state index contributed by atoms with van der Waals surface area (Å²) in [7, 11) is 0. The molecule has 4 aromatic heterocycles. The van der Waals surface area contributed by atoms with Gasteiger partial charge in [-0.1, -0.05) is 109 Å². The first-order chi connectivity index (χ1) is 25.9. The van der Waals surface area contributed by atoms with Crippen LogP contribution in [0, 0.1) is 0 Å². The third-order valence-corrected chi connectivity index (χ3v) is 12.1. The van der Waals surface area contributed by atoms with Crippen LogP contribution in [0.25, 0.3) is 60.6 Å². The van der Waals surface area contributed by atoms with E-state index in [0.29, 0.717) is 0 Å². The minimum Gasteiger partial charge on any atom is -0.309 e. The van der Waals surface area contributed by atoms with Crippen molar-refractivity contribution in [3.8, 4) is 28.1 Å². The van der Waals surface area contributed by atoms with E-state index in [1.54, 1.807) is 0 Å². The molecular formula is C47H42N6+2. The Bertz CT molecular complexity index is 2780. The molecule has 0 saturated carbocycles. The van der Waals surface area contributed by atoms with Crippen molar-refractivity contribution in [2.75, 3.05) is 0 Å². The molecule has 0 radical (unpaired) electrons. The summed E-state index contributed by atoms with van der Waals surface area (Å²) in [6.07, 6.45) is 11.0. The summed E-state index contributed by atoms with van der Waals surface area (Å²) in [5.41, 5.74) is 11.8. The second-order valence-electron chi connectivity index (χ2n) is 15.3. The van der Waals surface area contributed by atoms with Gasteiger partial charge in [0.1, 0.15) is 5.41 Å². The molecule has 0 amide bonds. The molecule has 0 bridgehead atoms. The van der Waals surface area contributed by atoms with E-state index in [2.05, 4.69) is 186 Å². The molecule has 9 aromatic rings. The maximum atomic E-state index is 5.13. The van der Waals surface area contributed by atoms with Crippen molar-refractivity contribution >= 4 is 32.6 Å². The van der Waals surface area contributed by atoms with Crippen LogP contribution in [0.1, 0.15) is 57.0 Å². The fourth-order valence-corrected chi connectivity index (χ4v) is 9.28. The van der Waals surface area contributed by atoms with E-state index in [-0.39, 0.29) is 17.0 Å². The Balaban J connectivity index is 1.22. The molecule has 0 saturated heterocycles. The van der Waals surface area contributed by atoms with Crippen molar-refractivity contribution in [1.29, 1.82) is 0 Å². The molecule has 1 aliphatic heterocycles. The maximum absolute atomic E-state index is 5.13. The first kappa shape index (κ1) is 31.5. The summed E-state index contributed by atoms with van der Waals surface area (Å²) in [6.45, 7) is 9.38. The van der Waals surface area contributed by atoms with Gasteiger partial charge >= 0.3 is 6.17 Å². The van der Waals surface area contributed by atoms with Crippen molar-refractivity contribution in [1.82, 2.24) is 19.7 Å². The summed E-state index contributed by atoms with van der Waals surface area (Å²) in [6, 6.07) is 44.6. The number of aromatic nitrogens is 6. The van der Waals surface area contributed by atoms with Gasteiger partial charge in [0.2, 0.25) is 12.4 Å². The molecule has 2 N–H and O–H groups in total. The molecule has 0 fully saturated rings. The van der Waals surface area contributed by atoms with Crippen LogP contribution in [0.4, 0.5) is 0 Å². The van der Waals surface area contributed by atoms with Gasteiger partial charge < -0.3 is 4.57 Å². The summed E-state index contributed by atoms with van der Waals surface area (Å²) in [5, 5.41) is 11.8. The highest BCUT2D eigenvalue weighted by Crippen LogP contribution is 2.48. The Morgan fingerprint density at radius 1 is 0.717 bits per heavy atom. The molecule has 5 heterocycles. The average Bonchev–Trinajstić information content (AvgIpc) is 3.99. The number of benzene rings is 5. The number of fused-ring (bicyclic) bond motifs is 6. The van der Waals surface area contributed by atoms with Crippen molar-refractivity contribution in [2.24, 2.45) is 0 Å². The number of aromatic amines is 2. The van der Waals surface area contributed by atoms with Gasteiger partial charge in [-0.15, -0.1) is 0 Å². The van der Waals surface area contributed by atoms with Crippen LogP contribution in [0.2, 0.25) is 0 Å². The quantitative estimate of drug-likeness (QED) is 0.161. The molecule has 258 valence electrons. The van der Waals surface area contributed by atoms with Crippen LogP contribution in [-0.2, 0) is 10.8 Å². The molecular weight excluding hydrogens is 649 g/mol. The summed E-state index contributed by atoms with van der Waals surface area (Å²) in [4.78, 5) is 5.13. The highest BCUT2D eigenvalue weighted by atomic mass is 15.4. The molecule has 0 spiro atoms. The van der Waals surface area contributed by atoms with Gasteiger partial charge in [-0.3, -0.25) is 4.98 Å². The maximum Gasteiger partial charge on any atom is 0.403 e. The monoisotopic (exact) mass is 690 g/mol. The molecule has 1 atom stereocenters. The predicted molar refractivity (Wildman–Crippen MR) is 213 cm³/mol. The molecule has 53 heavy (non-hydrogen) atoms. The van der Waals surface area contributed by atoms with Gasteiger partial charge in [0, 0.05) is 45.5 Å². The highest BCUT2D eigenvalue weighted by Gasteiger charge is 2.51. The van der Waals surface area contributed by atoms with Crippen molar-refractivity contribution in [3.05, 3.63) is 169 Å². The van der Waals surface area contributed by atoms with Crippen LogP contribution in [-0.4, -0.2) is 19.7 Å². The van der Waals surface area contributed by atoms with Crippen LogP contribution >= 0.6 is 0 Å². The number of rotatable bonds is 7. The lowest BCUT2D eigenvalue weighted by Crippen LogP contribution is -2.66. The number of H-pyrrole nitrogens is 2. The predicted octanol–water partition coefficient (Wildman–Crippen LogP) is 9.95. The molecule has 6 nitrogen and oxygen atoms in total. The minimum atomic E-state index is -0.346. The Morgan fingerprint density at radius 3 is 2.19 bits per heavy atom. The molecule has 1 aliphatic rings. The molecule has 6 heteroatoms. The first-order valence-corrected chi connectivity index (χ1v) is 18.6. The van der Waals surface area contributed by atoms with Gasteiger partial charge in [0.05, 0.1) is 34.8 Å². The largest absolute Gasteiger partial charge is 0.403 e. The van der Waals surface area contributed by atoms with Crippen LogP contribution in [0.5, 0.6) is 0 Å². The standard InChI is InChI=1S/C47H40N6/c1-5-47(4,45(51-27-11-24-49-51)52-28-12-25-50-52)38-21-19-32(30-37(38)43-34-14-7-6-13-31(34)23-26-48-43)33-20-22-41-36(29-33)35-15-10-17-40-44(35)53(41)42-18-9-8-16-39(42)46(40,2)3/h6-30,45H,5H2,1-4H3/p+2. The van der Waals surface area contributed by atoms with Crippen LogP contribution < -0.4 is 9.36 Å². The van der Waals surface area contributed by atoms with E-state index < -0.39 is 0 Å². The zero-order valence-corrected chi connectivity index (χ0v) is 30.5. The van der Waals surface area contributed by atoms with Gasteiger partial charge in [-0.2, -0.15) is 10.2 Å². The number of hydrogen-bond acceptors (Lipinski definition) is 1. The second-order valence-corrected chi connectivity index (χ2v) is 15.3. The SMILES string of the molecule is CCC(C)(c1ccc(-c2ccc3c(c2)c2cccc4c2n3-c2ccccc2C4(C)C)cc1-c1nccc2ccccc12)C([n+]1ccc[nH]1)[n+]1ccc[nH]1. The van der Waals surface area contributed by atoms with E-state index in [1.807, 2.05) is 18.6 Å². The fraction of sp³-hybridized carbons (Fsp3) is 0.170. The lowest BCUT2D eigenvalue weighted by Gasteiger charge is -2.34. The number of nitrogens with zero attached hydrogens (tertiary/aromatic N) is 4. The van der Waals surface area contributed by atoms with E-state index in [0.717, 1.165) is 23.1 Å². The fourth-order valence-electron chi connectivity index (χ4n) is 9.28. The smallest absolute Gasteiger partial charge is 0.309 e. The van der Waals surface area contributed by atoms with Crippen molar-refractivity contribution in [3.63, 3.8) is 0 Å². The van der Waals surface area contributed by atoms with E-state index in [1.165, 1.54) is 60.7 Å². The van der Waals surface area contributed by atoms with Gasteiger partial charge in [0.15, 0.2) is 0 Å². The normalized spacial score (nSPS) is 14.6. The van der Waals surface area contributed by atoms with Crippen LogP contribution in [0.15, 0.2) is 152 Å². The van der Waals surface area contributed by atoms with Gasteiger partial charge in [0.25, 0.3) is 0 Å². The van der Waals surface area contributed by atoms with E-state index in [9.17, 15) is 0 Å². The summed E-state index contributed by atoms with van der Waals surface area (Å²) < 4.78 is 6.87. The lowest BCUT2D eigenvalue weighted by molar-refractivity contribution is -0.997. The Hall–Kier alpha value is -6.27. The number of hydrogen-bond donors (Lipinski definition) is 2. The first-order valence-electron chi connectivity index (χ1n) is 18.6. The molecule has 10 rings (SSSR count). The van der Waals surface area contributed by atoms with Crippen LogP contribution in [0.3, 0.4) is 0 Å². The Morgan fingerprint density at radius 2 is 1.42 bits per heavy atom. The Labute approximate surface area is 309 Å². The molecule has 5 aromatic carbocycles. The van der Waals surface area contributed by atoms with Crippen molar-refractivity contribution in [2.45, 2.75) is 51.1 Å². The second kappa shape index (κ2) is 11.6. The zero-order valence-electron chi connectivity index (χ0n) is 30.5.